The minimum Gasteiger partial charge on any atom is -0.382 e. The van der Waals surface area contributed by atoms with Crippen LogP contribution in [0.2, 0.25) is 0 Å². The highest BCUT2D eigenvalue weighted by Crippen LogP contribution is 2.01. The molecule has 0 fully saturated rings. The second-order valence-electron chi connectivity index (χ2n) is 3.28. The van der Waals surface area contributed by atoms with E-state index < -0.39 is 0 Å². The van der Waals surface area contributed by atoms with Gasteiger partial charge in [-0.1, -0.05) is 30.3 Å². The first-order valence-corrected chi connectivity index (χ1v) is 4.96. The van der Waals surface area contributed by atoms with E-state index in [1.54, 1.807) is 12.3 Å². The fourth-order valence-electron chi connectivity index (χ4n) is 1.28. The largest absolute Gasteiger partial charge is 0.382 e. The molecule has 0 amide bonds. The number of benzene rings is 1. The Hall–Kier alpha value is -2.23. The second-order valence-corrected chi connectivity index (χ2v) is 3.28. The fourth-order valence-corrected chi connectivity index (χ4v) is 1.28. The molecular weight excluding hydrogens is 200 g/mol. The molecule has 0 unspecified atom stereocenters. The van der Waals surface area contributed by atoms with E-state index in [9.17, 15) is 0 Å². The molecule has 1 heterocycles. The minimum absolute atomic E-state index is 0.436. The van der Waals surface area contributed by atoms with E-state index in [-0.39, 0.29) is 0 Å². The van der Waals surface area contributed by atoms with Gasteiger partial charge in [-0.15, -0.1) is 0 Å². The van der Waals surface area contributed by atoms with Crippen LogP contribution in [0.3, 0.4) is 0 Å². The molecule has 0 bridgehead atoms. The van der Waals surface area contributed by atoms with Crippen molar-refractivity contribution in [1.29, 1.82) is 0 Å². The van der Waals surface area contributed by atoms with Crippen molar-refractivity contribution >= 4 is 5.84 Å². The number of hydrogen-bond acceptors (Lipinski definition) is 3. The van der Waals surface area contributed by atoms with Gasteiger partial charge in [0, 0.05) is 6.20 Å². The summed E-state index contributed by atoms with van der Waals surface area (Å²) in [6.07, 6.45) is 3.10. The molecule has 2 N–H and O–H groups in total. The number of nitrogens with zero attached hydrogens (tertiary/aromatic N) is 3. The van der Waals surface area contributed by atoms with Crippen molar-refractivity contribution in [2.45, 2.75) is 6.54 Å². The van der Waals surface area contributed by atoms with Gasteiger partial charge in [0.15, 0.2) is 0 Å². The van der Waals surface area contributed by atoms with Crippen LogP contribution < -0.4 is 5.73 Å². The number of aromatic nitrogens is 2. The molecule has 1 aromatic carbocycles. The normalized spacial score (nSPS) is 11.4. The lowest BCUT2D eigenvalue weighted by Crippen LogP contribution is -2.15. The van der Waals surface area contributed by atoms with Crippen LogP contribution >= 0.6 is 0 Å². The van der Waals surface area contributed by atoms with Gasteiger partial charge in [0.1, 0.15) is 17.9 Å². The van der Waals surface area contributed by atoms with Crippen molar-refractivity contribution in [2.24, 2.45) is 10.7 Å². The molecular formula is C12H12N4. The predicted octanol–water partition coefficient (Wildman–Crippen LogP) is 1.38. The van der Waals surface area contributed by atoms with Crippen LogP contribution in [0.4, 0.5) is 0 Å². The fraction of sp³-hybridized carbons (Fsp3) is 0.0833. The number of aliphatic imine (C=N–C) groups is 1. The zero-order chi connectivity index (χ0) is 11.2. The molecule has 0 aliphatic rings. The van der Waals surface area contributed by atoms with Gasteiger partial charge >= 0.3 is 0 Å². The topological polar surface area (TPSA) is 64.2 Å². The Kier molecular flexibility index (Phi) is 3.23. The summed E-state index contributed by atoms with van der Waals surface area (Å²) in [5, 5.41) is 0. The Morgan fingerprint density at radius 3 is 2.69 bits per heavy atom. The van der Waals surface area contributed by atoms with Crippen molar-refractivity contribution in [3.8, 4) is 0 Å². The third-order valence-electron chi connectivity index (χ3n) is 2.12. The first kappa shape index (κ1) is 10.3. The molecule has 0 radical (unpaired) electrons. The highest BCUT2D eigenvalue weighted by atomic mass is 14.9. The Labute approximate surface area is 93.9 Å². The summed E-state index contributed by atoms with van der Waals surface area (Å²) in [6, 6.07) is 11.7. The minimum atomic E-state index is 0.436. The molecule has 0 spiro atoms. The summed E-state index contributed by atoms with van der Waals surface area (Å²) in [5.41, 5.74) is 7.59. The van der Waals surface area contributed by atoms with E-state index in [0.29, 0.717) is 18.1 Å². The molecule has 4 nitrogen and oxygen atoms in total. The van der Waals surface area contributed by atoms with Gasteiger partial charge in [-0.2, -0.15) is 0 Å². The van der Waals surface area contributed by atoms with Gasteiger partial charge in [-0.3, -0.25) is 4.99 Å². The van der Waals surface area contributed by atoms with Gasteiger partial charge < -0.3 is 5.73 Å². The zero-order valence-corrected chi connectivity index (χ0v) is 8.74. The van der Waals surface area contributed by atoms with Gasteiger partial charge in [0.2, 0.25) is 0 Å². The van der Waals surface area contributed by atoms with Crippen molar-refractivity contribution in [3.05, 3.63) is 60.2 Å². The molecule has 0 aliphatic heterocycles. The quantitative estimate of drug-likeness (QED) is 0.617. The van der Waals surface area contributed by atoms with E-state index in [1.807, 2.05) is 30.3 Å². The molecule has 1 aromatic heterocycles. The average molecular weight is 212 g/mol. The lowest BCUT2D eigenvalue weighted by Gasteiger charge is -1.99. The Morgan fingerprint density at radius 1 is 1.19 bits per heavy atom. The molecule has 2 aromatic rings. The first-order chi connectivity index (χ1) is 7.86. The maximum Gasteiger partial charge on any atom is 0.145 e. The Bertz CT molecular complexity index is 465. The lowest BCUT2D eigenvalue weighted by molar-refractivity contribution is 1.05. The lowest BCUT2D eigenvalue weighted by atomic mass is 10.2. The standard InChI is InChI=1S/C12H12N4/c13-12(11-6-7-14-9-16-11)15-8-10-4-2-1-3-5-10/h1-7,9H,8H2,(H2,13,15). The summed E-state index contributed by atoms with van der Waals surface area (Å²) in [4.78, 5) is 12.1. The second kappa shape index (κ2) is 5.02. The van der Waals surface area contributed by atoms with Crippen LogP contribution in [0.1, 0.15) is 11.3 Å². The molecule has 80 valence electrons. The van der Waals surface area contributed by atoms with E-state index in [2.05, 4.69) is 15.0 Å². The molecule has 0 saturated heterocycles. The van der Waals surface area contributed by atoms with Gasteiger partial charge in [0.25, 0.3) is 0 Å². The van der Waals surface area contributed by atoms with Crippen LogP contribution in [0.25, 0.3) is 0 Å². The van der Waals surface area contributed by atoms with E-state index in [0.717, 1.165) is 5.56 Å². The summed E-state index contributed by atoms with van der Waals surface area (Å²) in [5.74, 6) is 0.436. The monoisotopic (exact) mass is 212 g/mol. The third kappa shape index (κ3) is 2.63. The average Bonchev–Trinajstić information content (AvgIpc) is 2.38. The van der Waals surface area contributed by atoms with Crippen molar-refractivity contribution in [2.75, 3.05) is 0 Å². The van der Waals surface area contributed by atoms with Crippen LogP contribution in [0.5, 0.6) is 0 Å². The maximum absolute atomic E-state index is 5.80. The van der Waals surface area contributed by atoms with Crippen LogP contribution in [-0.2, 0) is 6.54 Å². The Balaban J connectivity index is 2.09. The van der Waals surface area contributed by atoms with E-state index in [1.165, 1.54) is 6.33 Å². The van der Waals surface area contributed by atoms with Crippen molar-refractivity contribution in [1.82, 2.24) is 9.97 Å². The number of rotatable bonds is 3. The highest BCUT2D eigenvalue weighted by Gasteiger charge is 1.98. The van der Waals surface area contributed by atoms with Crippen molar-refractivity contribution < 1.29 is 0 Å². The number of amidine groups is 1. The van der Waals surface area contributed by atoms with Crippen LogP contribution in [0.15, 0.2) is 53.9 Å². The van der Waals surface area contributed by atoms with Crippen LogP contribution in [-0.4, -0.2) is 15.8 Å². The third-order valence-corrected chi connectivity index (χ3v) is 2.12. The SMILES string of the molecule is NC(=NCc1ccccc1)c1ccncn1. The highest BCUT2D eigenvalue weighted by molar-refractivity contribution is 5.95. The molecule has 16 heavy (non-hydrogen) atoms. The molecule has 0 saturated carbocycles. The molecule has 4 heteroatoms. The van der Waals surface area contributed by atoms with Gasteiger partial charge in [0.05, 0.1) is 6.54 Å². The summed E-state index contributed by atoms with van der Waals surface area (Å²) >= 11 is 0. The van der Waals surface area contributed by atoms with E-state index >= 15 is 0 Å². The number of hydrogen-bond donors (Lipinski definition) is 1. The summed E-state index contributed by atoms with van der Waals surface area (Å²) in [6.45, 7) is 0.566. The summed E-state index contributed by atoms with van der Waals surface area (Å²) in [7, 11) is 0. The smallest absolute Gasteiger partial charge is 0.145 e. The molecule has 0 aliphatic carbocycles. The number of nitrogens with two attached hydrogens (primary N) is 1. The molecule has 2 rings (SSSR count). The van der Waals surface area contributed by atoms with Crippen molar-refractivity contribution in [3.63, 3.8) is 0 Å². The van der Waals surface area contributed by atoms with Gasteiger partial charge in [-0.25, -0.2) is 9.97 Å². The summed E-state index contributed by atoms with van der Waals surface area (Å²) < 4.78 is 0. The predicted molar refractivity (Wildman–Crippen MR) is 62.9 cm³/mol. The van der Waals surface area contributed by atoms with Crippen LogP contribution in [0, 0.1) is 0 Å². The maximum atomic E-state index is 5.80. The zero-order valence-electron chi connectivity index (χ0n) is 8.74. The Morgan fingerprint density at radius 2 is 2.00 bits per heavy atom. The first-order valence-electron chi connectivity index (χ1n) is 4.96. The molecule has 0 atom stereocenters. The van der Waals surface area contributed by atoms with Gasteiger partial charge in [-0.05, 0) is 11.6 Å². The van der Waals surface area contributed by atoms with E-state index in [4.69, 9.17) is 5.73 Å².